The average molecular weight is 294 g/mol. The summed E-state index contributed by atoms with van der Waals surface area (Å²) in [5.74, 6) is 0.275. The van der Waals surface area contributed by atoms with Crippen molar-refractivity contribution in [3.05, 3.63) is 71.3 Å². The highest BCUT2D eigenvalue weighted by atomic mass is 16.2. The normalized spacial score (nSPS) is 18.6. The van der Waals surface area contributed by atoms with E-state index in [-0.39, 0.29) is 11.8 Å². The Labute approximate surface area is 131 Å². The SMILES string of the molecule is CC[C@H](N)C(=O)N1Cc2ccccc2C(c2ccccc2)C1. The quantitative estimate of drug-likeness (QED) is 0.946. The van der Waals surface area contributed by atoms with Crippen molar-refractivity contribution in [2.24, 2.45) is 5.73 Å². The fraction of sp³-hybridized carbons (Fsp3) is 0.316. The molecule has 1 heterocycles. The highest BCUT2D eigenvalue weighted by Gasteiger charge is 2.30. The number of carbonyl (C=O) groups excluding carboxylic acids is 1. The fourth-order valence-corrected chi connectivity index (χ4v) is 3.15. The molecule has 3 nitrogen and oxygen atoms in total. The lowest BCUT2D eigenvalue weighted by Gasteiger charge is -2.36. The Morgan fingerprint density at radius 1 is 1.18 bits per heavy atom. The molecule has 2 N–H and O–H groups in total. The number of amides is 1. The summed E-state index contributed by atoms with van der Waals surface area (Å²) in [5, 5.41) is 0. The Balaban J connectivity index is 1.97. The highest BCUT2D eigenvalue weighted by molar-refractivity contribution is 5.82. The number of carbonyl (C=O) groups is 1. The lowest BCUT2D eigenvalue weighted by molar-refractivity contribution is -0.133. The number of hydrogen-bond acceptors (Lipinski definition) is 2. The number of rotatable bonds is 3. The summed E-state index contributed by atoms with van der Waals surface area (Å²) in [6, 6.07) is 18.4. The van der Waals surface area contributed by atoms with E-state index in [0.29, 0.717) is 19.5 Å². The molecule has 0 spiro atoms. The van der Waals surface area contributed by atoms with Crippen LogP contribution in [0.3, 0.4) is 0 Å². The third-order valence-electron chi connectivity index (χ3n) is 4.47. The maximum atomic E-state index is 12.5. The van der Waals surface area contributed by atoms with E-state index in [1.54, 1.807) is 0 Å². The molecule has 114 valence electrons. The molecule has 3 heteroatoms. The number of benzene rings is 2. The molecular formula is C19H22N2O. The molecule has 1 aliphatic rings. The summed E-state index contributed by atoms with van der Waals surface area (Å²) in [6.45, 7) is 3.31. The van der Waals surface area contributed by atoms with Crippen LogP contribution in [0.2, 0.25) is 0 Å². The van der Waals surface area contributed by atoms with Gasteiger partial charge in [-0.25, -0.2) is 0 Å². The molecule has 0 bridgehead atoms. The zero-order chi connectivity index (χ0) is 15.5. The predicted molar refractivity (Wildman–Crippen MR) is 88.4 cm³/mol. The van der Waals surface area contributed by atoms with Crippen LogP contribution in [-0.2, 0) is 11.3 Å². The van der Waals surface area contributed by atoms with Crippen molar-refractivity contribution in [1.29, 1.82) is 0 Å². The minimum absolute atomic E-state index is 0.0536. The number of nitrogens with zero attached hydrogens (tertiary/aromatic N) is 1. The van der Waals surface area contributed by atoms with Gasteiger partial charge in [-0.15, -0.1) is 0 Å². The molecule has 1 amide bonds. The summed E-state index contributed by atoms with van der Waals surface area (Å²) < 4.78 is 0. The van der Waals surface area contributed by atoms with Gasteiger partial charge in [-0.1, -0.05) is 61.5 Å². The number of fused-ring (bicyclic) bond motifs is 1. The molecule has 2 aromatic carbocycles. The van der Waals surface area contributed by atoms with Gasteiger partial charge in [0.1, 0.15) is 0 Å². The smallest absolute Gasteiger partial charge is 0.239 e. The van der Waals surface area contributed by atoms with Gasteiger partial charge in [0.2, 0.25) is 5.91 Å². The first-order chi connectivity index (χ1) is 10.7. The largest absolute Gasteiger partial charge is 0.336 e. The molecule has 3 rings (SSSR count). The van der Waals surface area contributed by atoms with Crippen molar-refractivity contribution in [2.75, 3.05) is 6.54 Å². The molecule has 0 saturated heterocycles. The summed E-state index contributed by atoms with van der Waals surface area (Å²) in [4.78, 5) is 14.4. The Bertz CT molecular complexity index is 653. The summed E-state index contributed by atoms with van der Waals surface area (Å²) in [7, 11) is 0. The van der Waals surface area contributed by atoms with E-state index in [9.17, 15) is 4.79 Å². The standard InChI is InChI=1S/C19H22N2O/c1-2-18(20)19(22)21-12-15-10-6-7-11-16(15)17(13-21)14-8-4-3-5-9-14/h3-11,17-18H,2,12-13,20H2,1H3/t17?,18-/m0/s1. The van der Waals surface area contributed by atoms with E-state index in [0.717, 1.165) is 0 Å². The first-order valence-electron chi connectivity index (χ1n) is 7.87. The van der Waals surface area contributed by atoms with Gasteiger partial charge in [-0.3, -0.25) is 4.79 Å². The van der Waals surface area contributed by atoms with Crippen molar-refractivity contribution < 1.29 is 4.79 Å². The van der Waals surface area contributed by atoms with Gasteiger partial charge in [0.15, 0.2) is 0 Å². The van der Waals surface area contributed by atoms with Crippen LogP contribution in [0.5, 0.6) is 0 Å². The van der Waals surface area contributed by atoms with Crippen LogP contribution in [0.1, 0.15) is 36.0 Å². The summed E-state index contributed by atoms with van der Waals surface area (Å²) >= 11 is 0. The first kappa shape index (κ1) is 14.8. The van der Waals surface area contributed by atoms with E-state index < -0.39 is 6.04 Å². The van der Waals surface area contributed by atoms with E-state index >= 15 is 0 Å². The minimum atomic E-state index is -0.401. The van der Waals surface area contributed by atoms with Gasteiger partial charge < -0.3 is 10.6 Å². The second-order valence-electron chi connectivity index (χ2n) is 5.90. The van der Waals surface area contributed by atoms with Crippen molar-refractivity contribution in [3.63, 3.8) is 0 Å². The second kappa shape index (κ2) is 6.32. The van der Waals surface area contributed by atoms with Crippen molar-refractivity contribution >= 4 is 5.91 Å². The molecule has 2 atom stereocenters. The van der Waals surface area contributed by atoms with Crippen molar-refractivity contribution in [1.82, 2.24) is 4.90 Å². The molecule has 1 aliphatic heterocycles. The van der Waals surface area contributed by atoms with Crippen LogP contribution in [0.25, 0.3) is 0 Å². The summed E-state index contributed by atoms with van der Waals surface area (Å²) in [6.07, 6.45) is 0.674. The van der Waals surface area contributed by atoms with Crippen LogP contribution in [0.4, 0.5) is 0 Å². The van der Waals surface area contributed by atoms with Gasteiger partial charge in [-0.05, 0) is 23.1 Å². The van der Waals surface area contributed by atoms with Gasteiger partial charge in [-0.2, -0.15) is 0 Å². The van der Waals surface area contributed by atoms with Crippen LogP contribution in [-0.4, -0.2) is 23.4 Å². The average Bonchev–Trinajstić information content (AvgIpc) is 2.60. The first-order valence-corrected chi connectivity index (χ1v) is 7.87. The molecule has 0 aromatic heterocycles. The molecule has 0 saturated carbocycles. The van der Waals surface area contributed by atoms with Crippen molar-refractivity contribution in [2.45, 2.75) is 31.8 Å². The van der Waals surface area contributed by atoms with Crippen LogP contribution >= 0.6 is 0 Å². The molecule has 22 heavy (non-hydrogen) atoms. The van der Waals surface area contributed by atoms with Gasteiger partial charge in [0.25, 0.3) is 0 Å². The molecule has 0 radical (unpaired) electrons. The Morgan fingerprint density at radius 2 is 1.86 bits per heavy atom. The van der Waals surface area contributed by atoms with Crippen LogP contribution in [0.15, 0.2) is 54.6 Å². The second-order valence-corrected chi connectivity index (χ2v) is 5.90. The number of nitrogens with two attached hydrogens (primary N) is 1. The zero-order valence-corrected chi connectivity index (χ0v) is 12.9. The Hall–Kier alpha value is -2.13. The van der Waals surface area contributed by atoms with E-state index in [2.05, 4.69) is 42.5 Å². The molecule has 1 unspecified atom stereocenters. The van der Waals surface area contributed by atoms with Gasteiger partial charge >= 0.3 is 0 Å². The van der Waals surface area contributed by atoms with Crippen LogP contribution in [0, 0.1) is 0 Å². The molecule has 2 aromatic rings. The van der Waals surface area contributed by atoms with Gasteiger partial charge in [0.05, 0.1) is 6.04 Å². The minimum Gasteiger partial charge on any atom is -0.336 e. The van der Waals surface area contributed by atoms with Gasteiger partial charge in [0, 0.05) is 19.0 Å². The predicted octanol–water partition coefficient (Wildman–Crippen LogP) is 2.90. The van der Waals surface area contributed by atoms with Crippen LogP contribution < -0.4 is 5.73 Å². The highest BCUT2D eigenvalue weighted by Crippen LogP contribution is 2.33. The molecular weight excluding hydrogens is 272 g/mol. The summed E-state index contributed by atoms with van der Waals surface area (Å²) in [5.41, 5.74) is 9.75. The number of hydrogen-bond donors (Lipinski definition) is 1. The van der Waals surface area contributed by atoms with E-state index in [4.69, 9.17) is 5.73 Å². The Morgan fingerprint density at radius 3 is 2.59 bits per heavy atom. The topological polar surface area (TPSA) is 46.3 Å². The lowest BCUT2D eigenvalue weighted by Crippen LogP contribution is -2.46. The van der Waals surface area contributed by atoms with E-state index in [1.807, 2.05) is 24.0 Å². The fourth-order valence-electron chi connectivity index (χ4n) is 3.15. The monoisotopic (exact) mass is 294 g/mol. The third-order valence-corrected chi connectivity index (χ3v) is 4.47. The zero-order valence-electron chi connectivity index (χ0n) is 12.9. The van der Waals surface area contributed by atoms with Crippen molar-refractivity contribution in [3.8, 4) is 0 Å². The Kier molecular flexibility index (Phi) is 4.25. The van der Waals surface area contributed by atoms with E-state index in [1.165, 1.54) is 16.7 Å². The lowest BCUT2D eigenvalue weighted by atomic mass is 9.84. The molecule has 0 aliphatic carbocycles. The molecule has 0 fully saturated rings. The maximum absolute atomic E-state index is 12.5. The maximum Gasteiger partial charge on any atom is 0.239 e. The third kappa shape index (κ3) is 2.77.